The Morgan fingerprint density at radius 3 is 1.98 bits per heavy atom. The number of ether oxygens (including phenoxy) is 6. The molecule has 14 atom stereocenters. The summed E-state index contributed by atoms with van der Waals surface area (Å²) in [5.41, 5.74) is -8.93. The Morgan fingerprint density at radius 1 is 0.909 bits per heavy atom. The fraction of sp³-hybridized carbons (Fsp3) is 0.775. The lowest BCUT2D eigenvalue weighted by Crippen LogP contribution is -2.84. The van der Waals surface area contributed by atoms with Crippen LogP contribution in [0.15, 0.2) is 24.3 Å². The van der Waals surface area contributed by atoms with E-state index in [1.165, 1.54) is 41.9 Å². The lowest BCUT2D eigenvalue weighted by Gasteiger charge is -2.75. The van der Waals surface area contributed by atoms with Gasteiger partial charge in [0.1, 0.15) is 31.0 Å². The molecule has 0 spiro atoms. The number of methoxy groups -OCH3 is 1. The Kier molecular flexibility index (Phi) is 11.3. The summed E-state index contributed by atoms with van der Waals surface area (Å²) in [4.78, 5) is 76.9. The summed E-state index contributed by atoms with van der Waals surface area (Å²) in [5.74, 6) is -6.62. The van der Waals surface area contributed by atoms with Gasteiger partial charge in [-0.05, 0) is 48.5 Å². The zero-order valence-electron chi connectivity index (χ0n) is 33.8. The highest BCUT2D eigenvalue weighted by atomic mass is 17.2. The third-order valence-corrected chi connectivity index (χ3v) is 14.4. The minimum atomic E-state index is -1.95. The van der Waals surface area contributed by atoms with Crippen molar-refractivity contribution in [1.29, 1.82) is 0 Å². The number of aliphatic hydroxyl groups excluding tert-OH is 1. The molecule has 4 aliphatic carbocycles. The summed E-state index contributed by atoms with van der Waals surface area (Å²) in [5, 5.41) is 25.2. The van der Waals surface area contributed by atoms with E-state index in [1.807, 2.05) is 26.8 Å². The maximum absolute atomic E-state index is 13.9. The number of esters is 5. The van der Waals surface area contributed by atoms with E-state index < -0.39 is 118 Å². The average molecular weight is 779 g/mol. The molecule has 1 heterocycles. The van der Waals surface area contributed by atoms with Crippen LogP contribution in [0.4, 0.5) is 0 Å². The fourth-order valence-electron chi connectivity index (χ4n) is 12.4. The minimum Gasteiger partial charge on any atom is -0.467 e. The van der Waals surface area contributed by atoms with Gasteiger partial charge in [0.2, 0.25) is 5.60 Å². The molecule has 1 aliphatic heterocycles. The molecule has 5 fully saturated rings. The summed E-state index contributed by atoms with van der Waals surface area (Å²) in [6, 6.07) is 0. The maximum atomic E-state index is 13.9. The first-order valence-electron chi connectivity index (χ1n) is 18.9. The first-order chi connectivity index (χ1) is 25.6. The summed E-state index contributed by atoms with van der Waals surface area (Å²) in [6.45, 7) is 17.7. The van der Waals surface area contributed by atoms with Crippen LogP contribution in [0.5, 0.6) is 0 Å². The highest BCUT2D eigenvalue weighted by Crippen LogP contribution is 2.78. The summed E-state index contributed by atoms with van der Waals surface area (Å²) in [7, 11) is 2.56. The van der Waals surface area contributed by atoms with E-state index in [9.17, 15) is 34.2 Å². The Morgan fingerprint density at radius 2 is 1.47 bits per heavy atom. The van der Waals surface area contributed by atoms with E-state index in [-0.39, 0.29) is 25.4 Å². The van der Waals surface area contributed by atoms with E-state index in [2.05, 4.69) is 6.58 Å². The molecule has 0 aromatic heterocycles. The van der Waals surface area contributed by atoms with E-state index in [4.69, 9.17) is 38.2 Å². The van der Waals surface area contributed by atoms with Gasteiger partial charge in [-0.1, -0.05) is 46.4 Å². The molecule has 15 heteroatoms. The Balaban J connectivity index is 1.92. The van der Waals surface area contributed by atoms with Crippen molar-refractivity contribution in [2.45, 2.75) is 123 Å². The van der Waals surface area contributed by atoms with Gasteiger partial charge in [-0.25, -0.2) is 14.6 Å². The molecule has 5 aliphatic rings. The van der Waals surface area contributed by atoms with Gasteiger partial charge >= 0.3 is 29.8 Å². The van der Waals surface area contributed by atoms with Gasteiger partial charge in [0.15, 0.2) is 6.10 Å². The molecule has 1 saturated heterocycles. The third kappa shape index (κ3) is 5.80. The molecule has 0 amide bonds. The summed E-state index contributed by atoms with van der Waals surface area (Å²) < 4.78 is 36.5. The molecule has 55 heavy (non-hydrogen) atoms. The van der Waals surface area contributed by atoms with Crippen LogP contribution < -0.4 is 0 Å². The summed E-state index contributed by atoms with van der Waals surface area (Å²) in [6.07, 6.45) is -2.30. The second kappa shape index (κ2) is 14.5. The average Bonchev–Trinajstić information content (AvgIpc) is 3.85. The molecule has 0 aromatic rings. The van der Waals surface area contributed by atoms with Crippen LogP contribution in [0, 0.1) is 45.3 Å². The van der Waals surface area contributed by atoms with Crippen molar-refractivity contribution in [3.63, 3.8) is 0 Å². The van der Waals surface area contributed by atoms with Gasteiger partial charge in [-0.15, -0.1) is 0 Å². The van der Waals surface area contributed by atoms with Gasteiger partial charge in [0.05, 0.1) is 31.8 Å². The molecule has 15 nitrogen and oxygen atoms in total. The van der Waals surface area contributed by atoms with Crippen LogP contribution in [-0.4, -0.2) is 109 Å². The Labute approximate surface area is 322 Å². The van der Waals surface area contributed by atoms with Crippen molar-refractivity contribution in [3.8, 4) is 0 Å². The second-order valence-corrected chi connectivity index (χ2v) is 17.1. The largest absolute Gasteiger partial charge is 0.467 e. The van der Waals surface area contributed by atoms with Gasteiger partial charge in [0.25, 0.3) is 0 Å². The first kappa shape index (κ1) is 42.8. The smallest absolute Gasteiger partial charge is 0.342 e. The molecule has 5 rings (SSSR count). The number of hydrogen-bond donors (Lipinski definition) is 2. The number of fused-ring (bicyclic) bond motifs is 7. The standard InChI is InChI=1S/C40H58O15/c1-20(2)38(19-41)26(14-13-17-50-49-12)35(8)16-15-27-36(9,29(35)28(51-22(4)42)31(38)52-23(5)43)32(53-24(6)44)33(54-25(7)45)37(10)39(27,47)18-21(3)30-40(37,55-30)34(46)48-11/h13-14,20,26-33,41,47H,3,15-19H2,1-2,4-12H3/b14-13-. The quantitative estimate of drug-likeness (QED) is 0.0589. The second-order valence-electron chi connectivity index (χ2n) is 17.1. The highest BCUT2D eigenvalue weighted by molar-refractivity contribution is 5.87. The van der Waals surface area contributed by atoms with Crippen molar-refractivity contribution < 1.29 is 72.4 Å². The van der Waals surface area contributed by atoms with Crippen molar-refractivity contribution in [2.75, 3.05) is 27.4 Å². The van der Waals surface area contributed by atoms with Gasteiger partial charge in [-0.2, -0.15) is 0 Å². The third-order valence-electron chi connectivity index (χ3n) is 14.4. The van der Waals surface area contributed by atoms with Gasteiger partial charge in [0, 0.05) is 50.9 Å². The van der Waals surface area contributed by atoms with E-state index in [0.717, 1.165) is 0 Å². The van der Waals surface area contributed by atoms with Crippen LogP contribution >= 0.6 is 0 Å². The Hall–Kier alpha value is -3.37. The molecule has 0 radical (unpaired) electrons. The monoisotopic (exact) mass is 778 g/mol. The maximum Gasteiger partial charge on any atom is 0.342 e. The fourth-order valence-corrected chi connectivity index (χ4v) is 12.4. The SMILES string of the molecule is C=C1CC2(O)C3CCC4(C)C(C(OC(C)=O)C(OC(C)=O)C(CO)(C(C)C)C4/C=C\COOC)C3(C)C(OC(C)=O)C(OC(C)=O)C2(C)C2(C(=O)OC)OC12. The van der Waals surface area contributed by atoms with Crippen LogP contribution in [0.25, 0.3) is 0 Å². The number of allylic oxidation sites excluding steroid dienone is 1. The first-order valence-corrected chi connectivity index (χ1v) is 18.9. The molecule has 4 saturated carbocycles. The number of carbonyl (C=O) groups excluding carboxylic acids is 5. The number of epoxide rings is 1. The molecule has 2 N–H and O–H groups in total. The van der Waals surface area contributed by atoms with Crippen LogP contribution in [0.2, 0.25) is 0 Å². The normalized spacial score (nSPS) is 44.3. The summed E-state index contributed by atoms with van der Waals surface area (Å²) >= 11 is 0. The number of carbonyl (C=O) groups is 5. The molecule has 308 valence electrons. The van der Waals surface area contributed by atoms with Gasteiger partial charge < -0.3 is 38.6 Å². The highest BCUT2D eigenvalue weighted by Gasteiger charge is 2.91. The zero-order valence-corrected chi connectivity index (χ0v) is 33.8. The number of aliphatic hydroxyl groups is 2. The molecule has 14 unspecified atom stereocenters. The van der Waals surface area contributed by atoms with Gasteiger partial charge in [-0.3, -0.25) is 19.2 Å². The number of hydrogen-bond acceptors (Lipinski definition) is 15. The lowest BCUT2D eigenvalue weighted by atomic mass is 9.31. The molecule has 0 aromatic carbocycles. The molecular formula is C40H58O15. The number of rotatable bonds is 11. The zero-order chi connectivity index (χ0) is 41.3. The predicted octanol–water partition coefficient (Wildman–Crippen LogP) is 3.17. The molecular weight excluding hydrogens is 720 g/mol. The topological polar surface area (TPSA) is 203 Å². The van der Waals surface area contributed by atoms with Crippen molar-refractivity contribution >= 4 is 29.8 Å². The Bertz CT molecular complexity index is 1620. The lowest BCUT2D eigenvalue weighted by molar-refractivity contribution is -0.355. The minimum absolute atomic E-state index is 0.0282. The van der Waals surface area contributed by atoms with E-state index >= 15 is 0 Å². The van der Waals surface area contributed by atoms with Crippen molar-refractivity contribution in [1.82, 2.24) is 0 Å². The van der Waals surface area contributed by atoms with E-state index in [1.54, 1.807) is 19.9 Å². The van der Waals surface area contributed by atoms with Crippen LogP contribution in [-0.2, 0) is 62.2 Å². The van der Waals surface area contributed by atoms with Crippen LogP contribution in [0.1, 0.15) is 81.6 Å². The predicted molar refractivity (Wildman–Crippen MR) is 191 cm³/mol. The van der Waals surface area contributed by atoms with Crippen molar-refractivity contribution in [2.24, 2.45) is 45.3 Å². The van der Waals surface area contributed by atoms with E-state index in [0.29, 0.717) is 12.0 Å². The van der Waals surface area contributed by atoms with Crippen molar-refractivity contribution in [3.05, 3.63) is 24.3 Å². The van der Waals surface area contributed by atoms with Crippen LogP contribution in [0.3, 0.4) is 0 Å². The molecule has 0 bridgehead atoms.